The van der Waals surface area contributed by atoms with Gasteiger partial charge in [-0.3, -0.25) is 0 Å². The lowest BCUT2D eigenvalue weighted by Gasteiger charge is -2.12. The first-order valence-electron chi connectivity index (χ1n) is 5.40. The van der Waals surface area contributed by atoms with Gasteiger partial charge < -0.3 is 10.1 Å². The van der Waals surface area contributed by atoms with Crippen molar-refractivity contribution in [3.8, 4) is 5.88 Å². The second kappa shape index (κ2) is 5.75. The molecule has 1 unspecified atom stereocenters. The molecular formula is C12H15N3OS. The van der Waals surface area contributed by atoms with E-state index in [1.54, 1.807) is 24.6 Å². The topological polar surface area (TPSA) is 47.0 Å². The fourth-order valence-corrected chi connectivity index (χ4v) is 2.19. The number of pyridine rings is 1. The van der Waals surface area contributed by atoms with Gasteiger partial charge >= 0.3 is 0 Å². The van der Waals surface area contributed by atoms with Crippen molar-refractivity contribution >= 4 is 11.3 Å². The summed E-state index contributed by atoms with van der Waals surface area (Å²) in [7, 11) is 1.63. The fourth-order valence-electron chi connectivity index (χ4n) is 1.55. The summed E-state index contributed by atoms with van der Waals surface area (Å²) in [5.74, 6) is 0.672. The van der Waals surface area contributed by atoms with E-state index in [0.29, 0.717) is 5.88 Å². The van der Waals surface area contributed by atoms with Crippen molar-refractivity contribution in [2.24, 2.45) is 0 Å². The van der Waals surface area contributed by atoms with Gasteiger partial charge in [-0.15, -0.1) is 11.3 Å². The highest BCUT2D eigenvalue weighted by atomic mass is 32.1. The van der Waals surface area contributed by atoms with E-state index in [9.17, 15) is 0 Å². The minimum absolute atomic E-state index is 0.228. The van der Waals surface area contributed by atoms with Gasteiger partial charge in [-0.05, 0) is 13.0 Å². The van der Waals surface area contributed by atoms with E-state index >= 15 is 0 Å². The van der Waals surface area contributed by atoms with Crippen LogP contribution >= 0.6 is 11.3 Å². The predicted molar refractivity (Wildman–Crippen MR) is 68.2 cm³/mol. The summed E-state index contributed by atoms with van der Waals surface area (Å²) in [4.78, 5) is 8.44. The van der Waals surface area contributed by atoms with Crippen LogP contribution in [-0.4, -0.2) is 17.1 Å². The van der Waals surface area contributed by atoms with Crippen molar-refractivity contribution in [2.75, 3.05) is 7.11 Å². The number of hydrogen-bond donors (Lipinski definition) is 1. The SMILES string of the molecule is COc1ncccc1CNC(C)c1cscn1. The van der Waals surface area contributed by atoms with Crippen LogP contribution in [-0.2, 0) is 6.54 Å². The fraction of sp³-hybridized carbons (Fsp3) is 0.333. The van der Waals surface area contributed by atoms with E-state index in [2.05, 4.69) is 27.6 Å². The van der Waals surface area contributed by atoms with Gasteiger partial charge in [-0.2, -0.15) is 0 Å². The summed E-state index contributed by atoms with van der Waals surface area (Å²) < 4.78 is 5.20. The Hall–Kier alpha value is -1.46. The minimum atomic E-state index is 0.228. The van der Waals surface area contributed by atoms with Crippen LogP contribution in [0.2, 0.25) is 0 Å². The van der Waals surface area contributed by atoms with Crippen LogP contribution in [0.15, 0.2) is 29.2 Å². The first kappa shape index (κ1) is 12.0. The number of nitrogens with one attached hydrogen (secondary N) is 1. The molecule has 0 spiro atoms. The van der Waals surface area contributed by atoms with Crippen molar-refractivity contribution < 1.29 is 4.74 Å². The third kappa shape index (κ3) is 3.01. The smallest absolute Gasteiger partial charge is 0.217 e. The molecule has 2 aromatic rings. The van der Waals surface area contributed by atoms with Gasteiger partial charge in [0.1, 0.15) is 0 Å². The highest BCUT2D eigenvalue weighted by Crippen LogP contribution is 2.16. The Labute approximate surface area is 105 Å². The quantitative estimate of drug-likeness (QED) is 0.884. The van der Waals surface area contributed by atoms with Crippen molar-refractivity contribution in [2.45, 2.75) is 19.5 Å². The van der Waals surface area contributed by atoms with Crippen LogP contribution in [0.1, 0.15) is 24.2 Å². The molecular weight excluding hydrogens is 234 g/mol. The normalized spacial score (nSPS) is 12.4. The van der Waals surface area contributed by atoms with Gasteiger partial charge in [0.2, 0.25) is 5.88 Å². The zero-order chi connectivity index (χ0) is 12.1. The zero-order valence-electron chi connectivity index (χ0n) is 9.88. The Balaban J connectivity index is 1.98. The largest absolute Gasteiger partial charge is 0.481 e. The van der Waals surface area contributed by atoms with Crippen LogP contribution in [0.4, 0.5) is 0 Å². The predicted octanol–water partition coefficient (Wildman–Crippen LogP) is 2.40. The first-order valence-corrected chi connectivity index (χ1v) is 6.35. The maximum atomic E-state index is 5.20. The molecule has 2 rings (SSSR count). The molecule has 2 aromatic heterocycles. The molecule has 4 nitrogen and oxygen atoms in total. The van der Waals surface area contributed by atoms with E-state index in [-0.39, 0.29) is 6.04 Å². The molecule has 2 heterocycles. The molecule has 17 heavy (non-hydrogen) atoms. The number of thiazole rings is 1. The number of methoxy groups -OCH3 is 1. The average Bonchev–Trinajstić information content (AvgIpc) is 2.90. The first-order chi connectivity index (χ1) is 8.31. The summed E-state index contributed by atoms with van der Waals surface area (Å²) in [6, 6.07) is 4.14. The van der Waals surface area contributed by atoms with Gasteiger partial charge in [-0.1, -0.05) is 6.07 Å². The van der Waals surface area contributed by atoms with Crippen molar-refractivity contribution in [3.05, 3.63) is 40.5 Å². The van der Waals surface area contributed by atoms with Gasteiger partial charge in [-0.25, -0.2) is 9.97 Å². The summed E-state index contributed by atoms with van der Waals surface area (Å²) in [5, 5.41) is 5.45. The Morgan fingerprint density at radius 1 is 1.47 bits per heavy atom. The summed E-state index contributed by atoms with van der Waals surface area (Å²) in [5.41, 5.74) is 3.97. The van der Waals surface area contributed by atoms with E-state index in [1.807, 2.05) is 17.6 Å². The summed E-state index contributed by atoms with van der Waals surface area (Å²) in [6.45, 7) is 2.81. The third-order valence-corrected chi connectivity index (χ3v) is 3.14. The molecule has 1 N–H and O–H groups in total. The average molecular weight is 249 g/mol. The second-order valence-electron chi connectivity index (χ2n) is 3.69. The third-order valence-electron chi connectivity index (χ3n) is 2.54. The molecule has 1 atom stereocenters. The van der Waals surface area contributed by atoms with E-state index in [1.165, 1.54) is 0 Å². The lowest BCUT2D eigenvalue weighted by molar-refractivity contribution is 0.389. The summed E-state index contributed by atoms with van der Waals surface area (Å²) in [6.07, 6.45) is 1.73. The molecule has 0 fully saturated rings. The van der Waals surface area contributed by atoms with Crippen LogP contribution < -0.4 is 10.1 Å². The molecule has 0 aliphatic carbocycles. The Morgan fingerprint density at radius 3 is 3.06 bits per heavy atom. The molecule has 0 aromatic carbocycles. The van der Waals surface area contributed by atoms with Gasteiger partial charge in [0.15, 0.2) is 0 Å². The molecule has 0 aliphatic heterocycles. The van der Waals surface area contributed by atoms with Crippen LogP contribution in [0, 0.1) is 0 Å². The molecule has 0 aliphatic rings. The van der Waals surface area contributed by atoms with Gasteiger partial charge in [0.25, 0.3) is 0 Å². The van der Waals surface area contributed by atoms with Crippen molar-refractivity contribution in [1.82, 2.24) is 15.3 Å². The molecule has 0 saturated carbocycles. The number of nitrogens with zero attached hydrogens (tertiary/aromatic N) is 2. The van der Waals surface area contributed by atoms with Crippen LogP contribution in [0.25, 0.3) is 0 Å². The number of rotatable bonds is 5. The zero-order valence-corrected chi connectivity index (χ0v) is 10.7. The maximum absolute atomic E-state index is 5.20. The standard InChI is InChI=1S/C12H15N3OS/c1-9(11-7-17-8-15-11)14-6-10-4-3-5-13-12(10)16-2/h3-5,7-9,14H,6H2,1-2H3. The second-order valence-corrected chi connectivity index (χ2v) is 4.41. The van der Waals surface area contributed by atoms with Gasteiger partial charge in [0, 0.05) is 29.7 Å². The molecule has 0 radical (unpaired) electrons. The molecule has 0 amide bonds. The lowest BCUT2D eigenvalue weighted by Crippen LogP contribution is -2.18. The molecule has 0 saturated heterocycles. The molecule has 5 heteroatoms. The molecule has 90 valence electrons. The number of ether oxygens (including phenoxy) is 1. The van der Waals surface area contributed by atoms with E-state index in [4.69, 9.17) is 4.74 Å². The Kier molecular flexibility index (Phi) is 4.06. The van der Waals surface area contributed by atoms with E-state index in [0.717, 1.165) is 17.8 Å². The molecule has 0 bridgehead atoms. The maximum Gasteiger partial charge on any atom is 0.217 e. The number of aromatic nitrogens is 2. The highest BCUT2D eigenvalue weighted by Gasteiger charge is 2.08. The highest BCUT2D eigenvalue weighted by molar-refractivity contribution is 7.07. The van der Waals surface area contributed by atoms with Crippen LogP contribution in [0.5, 0.6) is 5.88 Å². The van der Waals surface area contributed by atoms with Crippen LogP contribution in [0.3, 0.4) is 0 Å². The van der Waals surface area contributed by atoms with Gasteiger partial charge in [0.05, 0.1) is 18.3 Å². The Bertz CT molecular complexity index is 459. The lowest BCUT2D eigenvalue weighted by atomic mass is 10.2. The van der Waals surface area contributed by atoms with Crippen molar-refractivity contribution in [1.29, 1.82) is 0 Å². The summed E-state index contributed by atoms with van der Waals surface area (Å²) >= 11 is 1.61. The monoisotopic (exact) mass is 249 g/mol. The van der Waals surface area contributed by atoms with Crippen molar-refractivity contribution in [3.63, 3.8) is 0 Å². The number of hydrogen-bond acceptors (Lipinski definition) is 5. The minimum Gasteiger partial charge on any atom is -0.481 e. The Morgan fingerprint density at radius 2 is 2.35 bits per heavy atom. The van der Waals surface area contributed by atoms with E-state index < -0.39 is 0 Å².